The molecule has 0 unspecified atom stereocenters. The van der Waals surface area contributed by atoms with Gasteiger partial charge in [-0.1, -0.05) is 31.0 Å². The molecule has 0 atom stereocenters. The maximum absolute atomic E-state index is 12.4. The topological polar surface area (TPSA) is 118 Å². The van der Waals surface area contributed by atoms with E-state index in [1.807, 2.05) is 6.92 Å². The maximum atomic E-state index is 12.4. The second kappa shape index (κ2) is 8.94. The summed E-state index contributed by atoms with van der Waals surface area (Å²) in [5.41, 5.74) is 0.0913. The third-order valence-corrected chi connectivity index (χ3v) is 5.41. The first kappa shape index (κ1) is 20.8. The standard InChI is InChI=1S/C17H18ClN3O5S/c1-2-3-9-19-27(25,26)14-6-4-5-12(10-14)17(22)20-16-8-7-13(21(23)24)11-15(16)18/h4-8,10-11,19H,2-3,9H2,1H3,(H,20,22). The summed E-state index contributed by atoms with van der Waals surface area (Å²) in [6, 6.07) is 9.20. The lowest BCUT2D eigenvalue weighted by Crippen LogP contribution is -2.25. The summed E-state index contributed by atoms with van der Waals surface area (Å²) in [5, 5.41) is 13.2. The van der Waals surface area contributed by atoms with Crippen LogP contribution >= 0.6 is 11.6 Å². The number of nitro groups is 1. The second-order valence-corrected chi connectivity index (χ2v) is 7.83. The van der Waals surface area contributed by atoms with E-state index in [9.17, 15) is 23.3 Å². The van der Waals surface area contributed by atoms with E-state index in [2.05, 4.69) is 10.0 Å². The Kier molecular flexibility index (Phi) is 6.89. The Labute approximate surface area is 161 Å². The van der Waals surface area contributed by atoms with Gasteiger partial charge in [-0.15, -0.1) is 0 Å². The van der Waals surface area contributed by atoms with Gasteiger partial charge in [-0.05, 0) is 30.7 Å². The molecule has 27 heavy (non-hydrogen) atoms. The van der Waals surface area contributed by atoms with Crippen LogP contribution in [-0.2, 0) is 10.0 Å². The fourth-order valence-corrected chi connectivity index (χ4v) is 3.53. The van der Waals surface area contributed by atoms with Crippen molar-refractivity contribution >= 4 is 38.9 Å². The van der Waals surface area contributed by atoms with Gasteiger partial charge in [0.1, 0.15) is 0 Å². The van der Waals surface area contributed by atoms with Crippen LogP contribution in [0, 0.1) is 10.1 Å². The van der Waals surface area contributed by atoms with E-state index in [1.54, 1.807) is 0 Å². The van der Waals surface area contributed by atoms with Crippen molar-refractivity contribution in [1.29, 1.82) is 0 Å². The third kappa shape index (κ3) is 5.49. The second-order valence-electron chi connectivity index (χ2n) is 5.65. The molecule has 8 nitrogen and oxygen atoms in total. The minimum absolute atomic E-state index is 0.00237. The van der Waals surface area contributed by atoms with E-state index in [0.717, 1.165) is 12.5 Å². The van der Waals surface area contributed by atoms with Gasteiger partial charge in [0, 0.05) is 24.2 Å². The van der Waals surface area contributed by atoms with Crippen molar-refractivity contribution < 1.29 is 18.1 Å². The summed E-state index contributed by atoms with van der Waals surface area (Å²) in [6.45, 7) is 2.26. The third-order valence-electron chi connectivity index (χ3n) is 3.64. The number of benzene rings is 2. The van der Waals surface area contributed by atoms with Gasteiger partial charge in [0.2, 0.25) is 10.0 Å². The highest BCUT2D eigenvalue weighted by Crippen LogP contribution is 2.27. The molecule has 0 heterocycles. The lowest BCUT2D eigenvalue weighted by molar-refractivity contribution is -0.384. The summed E-state index contributed by atoms with van der Waals surface area (Å²) in [4.78, 5) is 22.5. The van der Waals surface area contributed by atoms with Crippen molar-refractivity contribution in [3.8, 4) is 0 Å². The number of anilines is 1. The van der Waals surface area contributed by atoms with Gasteiger partial charge in [0.15, 0.2) is 0 Å². The van der Waals surface area contributed by atoms with Gasteiger partial charge in [0.05, 0.1) is 20.5 Å². The van der Waals surface area contributed by atoms with E-state index in [4.69, 9.17) is 11.6 Å². The van der Waals surface area contributed by atoms with Gasteiger partial charge < -0.3 is 5.32 Å². The molecule has 0 aliphatic carbocycles. The highest BCUT2D eigenvalue weighted by molar-refractivity contribution is 7.89. The zero-order valence-corrected chi connectivity index (χ0v) is 16.0. The van der Waals surface area contributed by atoms with Crippen molar-refractivity contribution in [2.45, 2.75) is 24.7 Å². The molecule has 2 aromatic carbocycles. The van der Waals surface area contributed by atoms with Gasteiger partial charge in [-0.2, -0.15) is 0 Å². The first-order chi connectivity index (χ1) is 12.7. The van der Waals surface area contributed by atoms with Crippen LogP contribution in [0.4, 0.5) is 11.4 Å². The molecule has 0 fully saturated rings. The smallest absolute Gasteiger partial charge is 0.271 e. The highest BCUT2D eigenvalue weighted by atomic mass is 35.5. The molecule has 0 spiro atoms. The summed E-state index contributed by atoms with van der Waals surface area (Å²) < 4.78 is 27.0. The van der Waals surface area contributed by atoms with Crippen LogP contribution < -0.4 is 10.0 Å². The molecule has 0 aliphatic rings. The van der Waals surface area contributed by atoms with Gasteiger partial charge in [0.25, 0.3) is 11.6 Å². The minimum Gasteiger partial charge on any atom is -0.321 e. The molecule has 2 N–H and O–H groups in total. The van der Waals surface area contributed by atoms with Crippen LogP contribution in [0.15, 0.2) is 47.4 Å². The molecule has 0 radical (unpaired) electrons. The Hall–Kier alpha value is -2.49. The largest absolute Gasteiger partial charge is 0.321 e. The number of nitrogens with one attached hydrogen (secondary N) is 2. The van der Waals surface area contributed by atoms with Crippen LogP contribution in [0.3, 0.4) is 0 Å². The fourth-order valence-electron chi connectivity index (χ4n) is 2.18. The lowest BCUT2D eigenvalue weighted by atomic mass is 10.2. The quantitative estimate of drug-likeness (QED) is 0.391. The molecule has 0 bridgehead atoms. The van der Waals surface area contributed by atoms with Gasteiger partial charge in [-0.25, -0.2) is 13.1 Å². The monoisotopic (exact) mass is 411 g/mol. The molecule has 0 saturated heterocycles. The number of carbonyl (C=O) groups is 1. The summed E-state index contributed by atoms with van der Waals surface area (Å²) in [7, 11) is -3.72. The molecule has 10 heteroatoms. The average Bonchev–Trinajstić information content (AvgIpc) is 2.63. The van der Waals surface area contributed by atoms with Crippen molar-refractivity contribution in [2.75, 3.05) is 11.9 Å². The molecule has 144 valence electrons. The van der Waals surface area contributed by atoms with Crippen molar-refractivity contribution in [2.24, 2.45) is 0 Å². The number of nitro benzene ring substituents is 1. The Balaban J connectivity index is 2.19. The Morgan fingerprint density at radius 3 is 2.59 bits per heavy atom. The summed E-state index contributed by atoms with van der Waals surface area (Å²) >= 11 is 5.95. The van der Waals surface area contributed by atoms with Crippen molar-refractivity contribution in [3.63, 3.8) is 0 Å². The normalized spacial score (nSPS) is 11.2. The number of carbonyl (C=O) groups excluding carboxylic acids is 1. The first-order valence-corrected chi connectivity index (χ1v) is 9.95. The predicted octanol–water partition coefficient (Wildman–Crippen LogP) is 3.58. The molecule has 1 amide bonds. The van der Waals surface area contributed by atoms with E-state index in [1.165, 1.54) is 36.4 Å². The number of amides is 1. The van der Waals surface area contributed by atoms with Crippen LogP contribution in [0.25, 0.3) is 0 Å². The molecule has 0 saturated carbocycles. The highest BCUT2D eigenvalue weighted by Gasteiger charge is 2.17. The number of halogens is 1. The lowest BCUT2D eigenvalue weighted by Gasteiger charge is -2.09. The molecule has 0 aromatic heterocycles. The van der Waals surface area contributed by atoms with E-state index >= 15 is 0 Å². The minimum atomic E-state index is -3.72. The van der Waals surface area contributed by atoms with E-state index in [-0.39, 0.29) is 26.9 Å². The Bertz CT molecular complexity index is 963. The first-order valence-electron chi connectivity index (χ1n) is 8.09. The van der Waals surface area contributed by atoms with E-state index < -0.39 is 20.9 Å². The predicted molar refractivity (Wildman–Crippen MR) is 103 cm³/mol. The zero-order valence-electron chi connectivity index (χ0n) is 14.4. The van der Waals surface area contributed by atoms with Crippen LogP contribution in [0.5, 0.6) is 0 Å². The van der Waals surface area contributed by atoms with Crippen molar-refractivity contribution in [1.82, 2.24) is 4.72 Å². The van der Waals surface area contributed by atoms with Crippen LogP contribution in [0.1, 0.15) is 30.1 Å². The number of rotatable bonds is 8. The fraction of sp³-hybridized carbons (Fsp3) is 0.235. The van der Waals surface area contributed by atoms with Crippen LogP contribution in [-0.4, -0.2) is 25.8 Å². The number of sulfonamides is 1. The number of non-ortho nitro benzene ring substituents is 1. The summed E-state index contributed by atoms with van der Waals surface area (Å²) in [6.07, 6.45) is 1.55. The van der Waals surface area contributed by atoms with Crippen LogP contribution in [0.2, 0.25) is 5.02 Å². The number of nitrogens with zero attached hydrogens (tertiary/aromatic N) is 1. The van der Waals surface area contributed by atoms with Crippen molar-refractivity contribution in [3.05, 3.63) is 63.2 Å². The molecule has 0 aliphatic heterocycles. The number of unbranched alkanes of at least 4 members (excludes halogenated alkanes) is 1. The van der Waals surface area contributed by atoms with Gasteiger partial charge in [-0.3, -0.25) is 14.9 Å². The maximum Gasteiger partial charge on any atom is 0.271 e. The Morgan fingerprint density at radius 1 is 1.22 bits per heavy atom. The van der Waals surface area contributed by atoms with E-state index in [0.29, 0.717) is 13.0 Å². The molecular formula is C17H18ClN3O5S. The summed E-state index contributed by atoms with van der Waals surface area (Å²) in [5.74, 6) is -0.587. The SMILES string of the molecule is CCCCNS(=O)(=O)c1cccc(C(=O)Nc2ccc([N+](=O)[O-])cc2Cl)c1. The number of hydrogen-bond donors (Lipinski definition) is 2. The molecule has 2 aromatic rings. The molecule has 2 rings (SSSR count). The average molecular weight is 412 g/mol. The Morgan fingerprint density at radius 2 is 1.96 bits per heavy atom. The molecular weight excluding hydrogens is 394 g/mol. The number of hydrogen-bond acceptors (Lipinski definition) is 5. The zero-order chi connectivity index (χ0) is 20.0. The van der Waals surface area contributed by atoms with Gasteiger partial charge >= 0.3 is 0 Å².